The summed E-state index contributed by atoms with van der Waals surface area (Å²) < 4.78 is 1.74. The molecule has 0 radical (unpaired) electrons. The summed E-state index contributed by atoms with van der Waals surface area (Å²) in [5.41, 5.74) is 3.92. The van der Waals surface area contributed by atoms with E-state index in [1.54, 1.807) is 16.6 Å². The highest BCUT2D eigenvalue weighted by molar-refractivity contribution is 5.75. The number of carbonyl (C=O) groups is 1. The number of nitrogens with one attached hydrogen (secondary N) is 2. The van der Waals surface area contributed by atoms with Gasteiger partial charge >= 0.3 is 0 Å². The zero-order valence-corrected chi connectivity index (χ0v) is 16.1. The van der Waals surface area contributed by atoms with Gasteiger partial charge < -0.3 is 10.2 Å². The van der Waals surface area contributed by atoms with Gasteiger partial charge in [-0.15, -0.1) is 0 Å². The summed E-state index contributed by atoms with van der Waals surface area (Å²) in [7, 11) is 1.81. The van der Waals surface area contributed by atoms with Crippen LogP contribution in [0.3, 0.4) is 0 Å². The molecule has 1 aliphatic heterocycles. The van der Waals surface area contributed by atoms with Gasteiger partial charge in [-0.2, -0.15) is 10.2 Å². The van der Waals surface area contributed by atoms with Crippen LogP contribution in [0.5, 0.6) is 0 Å². The van der Waals surface area contributed by atoms with Crippen LogP contribution in [-0.4, -0.2) is 50.9 Å². The molecule has 7 heteroatoms. The summed E-state index contributed by atoms with van der Waals surface area (Å²) in [6.45, 7) is 2.78. The number of likely N-dealkylation sites (N-methyl/N-ethyl adjacent to an activating group) is 1. The van der Waals surface area contributed by atoms with Crippen LogP contribution in [0, 0.1) is 0 Å². The lowest BCUT2D eigenvalue weighted by molar-refractivity contribution is -0.131. The van der Waals surface area contributed by atoms with Crippen molar-refractivity contribution in [1.82, 2.24) is 30.2 Å². The standard InChI is InChI=1S/C21H26N6O/c1-26(14-18-12-20(24-23-18)16-6-3-2-4-7-16)21(28)15-27-11-9-19(25-27)17-8-5-10-22-13-17/h2-4,6-7,9,11-12,17,22H,5,8,10,13-15H2,1H3,(H,23,24)/t17-/m0/s1. The smallest absolute Gasteiger partial charge is 0.244 e. The molecule has 146 valence electrons. The van der Waals surface area contributed by atoms with Crippen molar-refractivity contribution in [3.05, 3.63) is 60.0 Å². The van der Waals surface area contributed by atoms with Gasteiger partial charge in [0.25, 0.3) is 0 Å². The zero-order chi connectivity index (χ0) is 19.3. The van der Waals surface area contributed by atoms with Gasteiger partial charge in [0.1, 0.15) is 6.54 Å². The maximum atomic E-state index is 12.6. The third kappa shape index (κ3) is 4.31. The second-order valence-electron chi connectivity index (χ2n) is 7.38. The number of amides is 1. The zero-order valence-electron chi connectivity index (χ0n) is 16.1. The molecule has 1 atom stereocenters. The number of H-pyrrole nitrogens is 1. The Hall–Kier alpha value is -2.93. The molecule has 0 spiro atoms. The van der Waals surface area contributed by atoms with Crippen LogP contribution in [0.2, 0.25) is 0 Å². The molecule has 1 aliphatic rings. The van der Waals surface area contributed by atoms with E-state index in [2.05, 4.69) is 20.6 Å². The predicted molar refractivity (Wildman–Crippen MR) is 108 cm³/mol. The lowest BCUT2D eigenvalue weighted by atomic mass is 9.97. The van der Waals surface area contributed by atoms with Gasteiger partial charge in [0, 0.05) is 31.3 Å². The SMILES string of the molecule is CN(Cc1cc(-c2ccccc2)n[nH]1)C(=O)Cn1ccc([C@H]2CCCNC2)n1. The van der Waals surface area contributed by atoms with Crippen LogP contribution in [0.25, 0.3) is 11.3 Å². The van der Waals surface area contributed by atoms with E-state index >= 15 is 0 Å². The lowest BCUT2D eigenvalue weighted by Gasteiger charge is -2.20. The average molecular weight is 378 g/mol. The molecule has 4 rings (SSSR count). The minimum atomic E-state index is 0.0206. The molecule has 7 nitrogen and oxygen atoms in total. The van der Waals surface area contributed by atoms with Gasteiger partial charge in [-0.1, -0.05) is 30.3 Å². The maximum Gasteiger partial charge on any atom is 0.244 e. The summed E-state index contributed by atoms with van der Waals surface area (Å²) in [6, 6.07) is 14.0. The molecule has 1 aromatic carbocycles. The highest BCUT2D eigenvalue weighted by Gasteiger charge is 2.18. The number of benzene rings is 1. The molecule has 1 amide bonds. The molecule has 1 saturated heterocycles. The molecular formula is C21H26N6O. The average Bonchev–Trinajstić information content (AvgIpc) is 3.39. The van der Waals surface area contributed by atoms with Gasteiger partial charge in [-0.25, -0.2) is 0 Å². The van der Waals surface area contributed by atoms with Crippen LogP contribution in [-0.2, 0) is 17.9 Å². The molecular weight excluding hydrogens is 352 g/mol. The number of piperidine rings is 1. The van der Waals surface area contributed by atoms with Gasteiger partial charge in [0.2, 0.25) is 5.91 Å². The number of hydrogen-bond donors (Lipinski definition) is 2. The summed E-state index contributed by atoms with van der Waals surface area (Å²) >= 11 is 0. The largest absolute Gasteiger partial charge is 0.338 e. The summed E-state index contributed by atoms with van der Waals surface area (Å²) in [5, 5.41) is 15.4. The van der Waals surface area contributed by atoms with Crippen LogP contribution in [0.4, 0.5) is 0 Å². The van der Waals surface area contributed by atoms with Crippen molar-refractivity contribution in [1.29, 1.82) is 0 Å². The monoisotopic (exact) mass is 378 g/mol. The Morgan fingerprint density at radius 2 is 2.14 bits per heavy atom. The van der Waals surface area contributed by atoms with E-state index in [9.17, 15) is 4.79 Å². The van der Waals surface area contributed by atoms with Crippen LogP contribution >= 0.6 is 0 Å². The Labute approximate surface area is 164 Å². The fourth-order valence-electron chi connectivity index (χ4n) is 3.59. The van der Waals surface area contributed by atoms with Gasteiger partial charge in [0.15, 0.2) is 0 Å². The highest BCUT2D eigenvalue weighted by atomic mass is 16.2. The fourth-order valence-corrected chi connectivity index (χ4v) is 3.59. The van der Waals surface area contributed by atoms with E-state index in [1.807, 2.05) is 48.7 Å². The quantitative estimate of drug-likeness (QED) is 0.690. The maximum absolute atomic E-state index is 12.6. The Balaban J connectivity index is 1.34. The van der Waals surface area contributed by atoms with Crippen molar-refractivity contribution in [3.63, 3.8) is 0 Å². The van der Waals surface area contributed by atoms with Crippen molar-refractivity contribution in [2.45, 2.75) is 31.8 Å². The summed E-state index contributed by atoms with van der Waals surface area (Å²) in [6.07, 6.45) is 4.23. The highest BCUT2D eigenvalue weighted by Crippen LogP contribution is 2.21. The van der Waals surface area contributed by atoms with E-state index in [4.69, 9.17) is 0 Å². The second kappa shape index (κ2) is 8.39. The minimum absolute atomic E-state index is 0.0206. The summed E-state index contributed by atoms with van der Waals surface area (Å²) in [4.78, 5) is 14.3. The van der Waals surface area contributed by atoms with E-state index in [1.165, 1.54) is 6.42 Å². The number of carbonyl (C=O) groups excluding carboxylic acids is 1. The van der Waals surface area contributed by atoms with E-state index < -0.39 is 0 Å². The van der Waals surface area contributed by atoms with Gasteiger partial charge in [-0.05, 0) is 31.5 Å². The molecule has 0 aliphatic carbocycles. The number of nitrogens with zero attached hydrogens (tertiary/aromatic N) is 4. The molecule has 0 unspecified atom stereocenters. The number of aromatic amines is 1. The first-order valence-corrected chi connectivity index (χ1v) is 9.77. The normalized spacial score (nSPS) is 16.8. The fraction of sp³-hybridized carbons (Fsp3) is 0.381. The summed E-state index contributed by atoms with van der Waals surface area (Å²) in [5.74, 6) is 0.469. The molecule has 28 heavy (non-hydrogen) atoms. The third-order valence-electron chi connectivity index (χ3n) is 5.21. The van der Waals surface area contributed by atoms with E-state index in [0.29, 0.717) is 12.5 Å². The van der Waals surface area contributed by atoms with Crippen LogP contribution in [0.15, 0.2) is 48.7 Å². The van der Waals surface area contributed by atoms with Crippen LogP contribution < -0.4 is 5.32 Å². The third-order valence-corrected chi connectivity index (χ3v) is 5.21. The van der Waals surface area contributed by atoms with Crippen molar-refractivity contribution >= 4 is 5.91 Å². The molecule has 1 fully saturated rings. The Morgan fingerprint density at radius 1 is 1.29 bits per heavy atom. The lowest BCUT2D eigenvalue weighted by Crippen LogP contribution is -2.30. The second-order valence-corrected chi connectivity index (χ2v) is 7.38. The predicted octanol–water partition coefficient (Wildman–Crippen LogP) is 2.40. The molecule has 0 bridgehead atoms. The molecule has 0 saturated carbocycles. The van der Waals surface area contributed by atoms with Gasteiger partial charge in [0.05, 0.1) is 23.6 Å². The topological polar surface area (TPSA) is 78.8 Å². The van der Waals surface area contributed by atoms with Crippen molar-refractivity contribution in [3.8, 4) is 11.3 Å². The minimum Gasteiger partial charge on any atom is -0.338 e. The molecule has 2 aromatic heterocycles. The number of hydrogen-bond acceptors (Lipinski definition) is 4. The van der Waals surface area contributed by atoms with Crippen molar-refractivity contribution in [2.75, 3.05) is 20.1 Å². The number of aromatic nitrogens is 4. The Morgan fingerprint density at radius 3 is 2.93 bits per heavy atom. The first-order valence-electron chi connectivity index (χ1n) is 9.77. The molecule has 3 aromatic rings. The van der Waals surface area contributed by atoms with E-state index in [0.717, 1.165) is 42.2 Å². The first kappa shape index (κ1) is 18.4. The number of rotatable bonds is 6. The van der Waals surface area contributed by atoms with E-state index in [-0.39, 0.29) is 12.5 Å². The van der Waals surface area contributed by atoms with Crippen molar-refractivity contribution < 1.29 is 4.79 Å². The first-order chi connectivity index (χ1) is 13.7. The van der Waals surface area contributed by atoms with Crippen molar-refractivity contribution in [2.24, 2.45) is 0 Å². The molecule has 3 heterocycles. The van der Waals surface area contributed by atoms with Gasteiger partial charge in [-0.3, -0.25) is 14.6 Å². The molecule has 2 N–H and O–H groups in total. The Kier molecular flexibility index (Phi) is 5.53. The van der Waals surface area contributed by atoms with Crippen LogP contribution in [0.1, 0.15) is 30.1 Å². The Bertz CT molecular complexity index is 910.